The van der Waals surface area contributed by atoms with Crippen molar-refractivity contribution in [2.75, 3.05) is 0 Å². The van der Waals surface area contributed by atoms with Crippen molar-refractivity contribution in [3.63, 3.8) is 0 Å². The molecule has 2 rings (SSSR count). The third-order valence-electron chi connectivity index (χ3n) is 3.84. The number of amides is 1. The third kappa shape index (κ3) is 7.29. The Bertz CT molecular complexity index is 823. The number of aryl methyl sites for hydroxylation is 1. The van der Waals surface area contributed by atoms with Gasteiger partial charge in [-0.2, -0.15) is 9.59 Å². The highest BCUT2D eigenvalue weighted by atomic mass is 79.9. The molecule has 0 fully saturated rings. The minimum absolute atomic E-state index is 0.250. The first-order valence-corrected chi connectivity index (χ1v) is 9.60. The highest BCUT2D eigenvalue weighted by Crippen LogP contribution is 2.27. The topological polar surface area (TPSA) is 90.3 Å². The van der Waals surface area contributed by atoms with Crippen LogP contribution >= 0.6 is 15.9 Å². The number of alkyl carbamates (subject to hydrolysis) is 1. The molecule has 1 unspecified atom stereocenters. The Morgan fingerprint density at radius 3 is 2.46 bits per heavy atom. The first-order chi connectivity index (χ1) is 13.0. The molecule has 0 aliphatic rings. The molecule has 1 aromatic carbocycles. The maximum atomic E-state index is 12.4. The molecule has 8 heteroatoms. The van der Waals surface area contributed by atoms with Crippen LogP contribution < -0.4 is 5.32 Å². The summed E-state index contributed by atoms with van der Waals surface area (Å²) in [5, 5.41) is 3.05. The van der Waals surface area contributed by atoms with Gasteiger partial charge < -0.3 is 14.6 Å². The van der Waals surface area contributed by atoms with Crippen LogP contribution in [0.3, 0.4) is 0 Å². The Morgan fingerprint density at radius 2 is 1.93 bits per heavy atom. The van der Waals surface area contributed by atoms with Crippen molar-refractivity contribution in [1.29, 1.82) is 0 Å². The fourth-order valence-electron chi connectivity index (χ4n) is 2.70. The number of benzene rings is 1. The van der Waals surface area contributed by atoms with Crippen molar-refractivity contribution in [3.8, 4) is 0 Å². The Hall–Kier alpha value is -2.44. The molecule has 0 spiro atoms. The molecule has 2 aromatic rings. The van der Waals surface area contributed by atoms with E-state index >= 15 is 0 Å². The van der Waals surface area contributed by atoms with Crippen molar-refractivity contribution < 1.29 is 19.1 Å². The van der Waals surface area contributed by atoms with Crippen LogP contribution in [0.5, 0.6) is 0 Å². The van der Waals surface area contributed by atoms with Gasteiger partial charge in [-0.1, -0.05) is 35.0 Å². The summed E-state index contributed by atoms with van der Waals surface area (Å²) in [5.74, 6) is 0.979. The summed E-state index contributed by atoms with van der Waals surface area (Å²) in [4.78, 5) is 33.1. The van der Waals surface area contributed by atoms with Gasteiger partial charge in [0.1, 0.15) is 11.4 Å². The van der Waals surface area contributed by atoms with Crippen LogP contribution in [-0.4, -0.2) is 27.4 Å². The van der Waals surface area contributed by atoms with Crippen LogP contribution in [0.1, 0.15) is 46.0 Å². The molecule has 1 amide bonds. The Kier molecular flexibility index (Phi) is 8.60. The van der Waals surface area contributed by atoms with Gasteiger partial charge in [-0.3, -0.25) is 0 Å². The van der Waals surface area contributed by atoms with Crippen molar-refractivity contribution in [1.82, 2.24) is 14.9 Å². The highest BCUT2D eigenvalue weighted by molar-refractivity contribution is 9.10. The van der Waals surface area contributed by atoms with E-state index in [1.165, 1.54) is 0 Å². The second-order valence-corrected chi connectivity index (χ2v) is 8.29. The molecule has 7 nitrogen and oxygen atoms in total. The number of ether oxygens (including phenoxy) is 1. The number of aromatic nitrogens is 2. The number of rotatable bonds is 5. The number of imidazole rings is 1. The van der Waals surface area contributed by atoms with E-state index in [1.807, 2.05) is 58.2 Å². The summed E-state index contributed by atoms with van der Waals surface area (Å²) in [6, 6.07) is 7.94. The standard InChI is InChI=1S/C19H26BrN3O2.CO2/c1-6-16-21-10-11-23(16)13-19(5,14-8-7-9-15(20)12-14)22-17(24)25-18(2,3)4;2-1-3/h7-12H,6,13H2,1-5H3,(H,22,24);. The third-order valence-corrected chi connectivity index (χ3v) is 4.34. The second kappa shape index (κ2) is 10.2. The molecule has 0 aliphatic carbocycles. The number of hydrogen-bond acceptors (Lipinski definition) is 5. The zero-order valence-corrected chi connectivity index (χ0v) is 18.4. The van der Waals surface area contributed by atoms with Crippen molar-refractivity contribution >= 4 is 28.2 Å². The monoisotopic (exact) mass is 451 g/mol. The zero-order chi connectivity index (χ0) is 21.4. The van der Waals surface area contributed by atoms with E-state index in [0.717, 1.165) is 22.3 Å². The number of carbonyl (C=O) groups is 1. The maximum Gasteiger partial charge on any atom is 0.408 e. The molecular weight excluding hydrogens is 426 g/mol. The lowest BCUT2D eigenvalue weighted by atomic mass is 9.91. The van der Waals surface area contributed by atoms with Crippen molar-refractivity contribution in [3.05, 3.63) is 52.5 Å². The quantitative estimate of drug-likeness (QED) is 0.739. The lowest BCUT2D eigenvalue weighted by molar-refractivity contribution is -0.191. The van der Waals surface area contributed by atoms with Gasteiger partial charge in [0.25, 0.3) is 0 Å². The summed E-state index contributed by atoms with van der Waals surface area (Å²) in [6.07, 6.45) is 4.36. The molecule has 0 saturated carbocycles. The van der Waals surface area contributed by atoms with Gasteiger partial charge in [-0.15, -0.1) is 0 Å². The number of halogens is 1. The number of hydrogen-bond donors (Lipinski definition) is 1. The predicted molar refractivity (Wildman–Crippen MR) is 107 cm³/mol. The lowest BCUT2D eigenvalue weighted by Gasteiger charge is -2.33. The summed E-state index contributed by atoms with van der Waals surface area (Å²) < 4.78 is 8.50. The highest BCUT2D eigenvalue weighted by Gasteiger charge is 2.32. The molecule has 0 bridgehead atoms. The molecular formula is C20H26BrN3O4. The minimum atomic E-state index is -0.642. The van der Waals surface area contributed by atoms with Crippen LogP contribution in [0.4, 0.5) is 4.79 Å². The summed E-state index contributed by atoms with van der Waals surface area (Å²) in [5.41, 5.74) is -0.203. The van der Waals surface area contributed by atoms with Gasteiger partial charge in [0.15, 0.2) is 0 Å². The van der Waals surface area contributed by atoms with Crippen LogP contribution in [0.25, 0.3) is 0 Å². The van der Waals surface area contributed by atoms with E-state index < -0.39 is 17.2 Å². The SMILES string of the molecule is CCc1nccn1CC(C)(NC(=O)OC(C)(C)C)c1cccc(Br)c1.O=C=O. The minimum Gasteiger partial charge on any atom is -0.444 e. The van der Waals surface area contributed by atoms with Gasteiger partial charge >= 0.3 is 12.2 Å². The molecule has 1 aromatic heterocycles. The van der Waals surface area contributed by atoms with Crippen LogP contribution in [-0.2, 0) is 32.8 Å². The number of nitrogens with one attached hydrogen (secondary N) is 1. The largest absolute Gasteiger partial charge is 0.444 e. The normalized spacial score (nSPS) is 12.8. The Balaban J connectivity index is 0.00000122. The van der Waals surface area contributed by atoms with Crippen molar-refractivity contribution in [2.45, 2.75) is 58.7 Å². The second-order valence-electron chi connectivity index (χ2n) is 7.38. The Morgan fingerprint density at radius 1 is 1.29 bits per heavy atom. The van der Waals surface area contributed by atoms with Gasteiger partial charge in [-0.25, -0.2) is 9.78 Å². The predicted octanol–water partition coefficient (Wildman–Crippen LogP) is 4.06. The Labute approximate surface area is 173 Å². The van der Waals surface area contributed by atoms with Crippen molar-refractivity contribution in [2.24, 2.45) is 0 Å². The molecule has 0 aliphatic heterocycles. The first kappa shape index (κ1) is 23.6. The first-order valence-electron chi connectivity index (χ1n) is 8.81. The zero-order valence-electron chi connectivity index (χ0n) is 16.8. The maximum absolute atomic E-state index is 12.4. The molecule has 28 heavy (non-hydrogen) atoms. The van der Waals surface area contributed by atoms with Crippen LogP contribution in [0, 0.1) is 0 Å². The average Bonchev–Trinajstić information content (AvgIpc) is 3.00. The van der Waals surface area contributed by atoms with E-state index in [4.69, 9.17) is 14.3 Å². The molecule has 152 valence electrons. The molecule has 1 N–H and O–H groups in total. The fourth-order valence-corrected chi connectivity index (χ4v) is 3.10. The molecule has 0 saturated heterocycles. The summed E-state index contributed by atoms with van der Waals surface area (Å²) in [6.45, 7) is 10.2. The molecule has 1 heterocycles. The summed E-state index contributed by atoms with van der Waals surface area (Å²) in [7, 11) is 0. The summed E-state index contributed by atoms with van der Waals surface area (Å²) >= 11 is 3.51. The molecule has 1 atom stereocenters. The van der Waals surface area contributed by atoms with Gasteiger partial charge in [-0.05, 0) is 45.4 Å². The molecule has 0 radical (unpaired) electrons. The van der Waals surface area contributed by atoms with Crippen LogP contribution in [0.15, 0.2) is 41.1 Å². The van der Waals surface area contributed by atoms with Gasteiger partial charge in [0, 0.05) is 23.3 Å². The fraction of sp³-hybridized carbons (Fsp3) is 0.450. The van der Waals surface area contributed by atoms with E-state index in [2.05, 4.69) is 37.7 Å². The smallest absolute Gasteiger partial charge is 0.408 e. The van der Waals surface area contributed by atoms with E-state index in [-0.39, 0.29) is 6.15 Å². The van der Waals surface area contributed by atoms with E-state index in [1.54, 1.807) is 6.20 Å². The average molecular weight is 452 g/mol. The number of nitrogens with zero attached hydrogens (tertiary/aromatic N) is 2. The van der Waals surface area contributed by atoms with E-state index in [9.17, 15) is 4.79 Å². The van der Waals surface area contributed by atoms with Gasteiger partial charge in [0.2, 0.25) is 0 Å². The number of carbonyl (C=O) groups excluding carboxylic acids is 3. The van der Waals surface area contributed by atoms with Crippen LogP contribution in [0.2, 0.25) is 0 Å². The van der Waals surface area contributed by atoms with Gasteiger partial charge in [0.05, 0.1) is 12.1 Å². The van der Waals surface area contributed by atoms with E-state index in [0.29, 0.717) is 6.54 Å². The lowest BCUT2D eigenvalue weighted by Crippen LogP contribution is -2.48.